The molecule has 0 saturated carbocycles. The lowest BCUT2D eigenvalue weighted by Gasteiger charge is -2.38. The van der Waals surface area contributed by atoms with Crippen LogP contribution in [0, 0.1) is 0 Å². The van der Waals surface area contributed by atoms with Gasteiger partial charge in [-0.15, -0.1) is 19.7 Å². The Hall–Kier alpha value is -5.39. The summed E-state index contributed by atoms with van der Waals surface area (Å²) in [7, 11) is -3.88. The topological polar surface area (TPSA) is 54.0 Å². The van der Waals surface area contributed by atoms with Crippen LogP contribution >= 0.6 is 7.60 Å². The standard InChI is InChI=1S/C49H47O5P/c1-4-37-55(50,53-46(5-2)38-51-48(40-25-13-7-14-26-40,41-27-15-8-16-28-41)42-29-17-9-18-30-42)54-47(6-3)39-52-49(43-31-19-10-20-32-43,44-33-21-11-22-34-44)45-35-23-12-24-36-45/h4-36,46-47H,1-3,37-39H2/t46-,47-/m0/s1. The SMILES string of the molecule is C=CCP(=O)(O[C@@H](C=C)COC(c1ccccc1)(c1ccccc1)c1ccccc1)O[C@@H](C=C)COC(c1ccccc1)(c1ccccc1)c1ccccc1. The fraction of sp³-hybridized carbons (Fsp3) is 0.143. The molecule has 0 N–H and O–H groups in total. The van der Waals surface area contributed by atoms with Crippen LogP contribution in [0.5, 0.6) is 0 Å². The Labute approximate surface area is 325 Å². The van der Waals surface area contributed by atoms with E-state index in [4.69, 9.17) is 18.5 Å². The van der Waals surface area contributed by atoms with Crippen LogP contribution in [0.2, 0.25) is 0 Å². The fourth-order valence-corrected chi connectivity index (χ4v) is 8.57. The van der Waals surface area contributed by atoms with E-state index in [0.717, 1.165) is 33.4 Å². The average Bonchev–Trinajstić information content (AvgIpc) is 3.25. The van der Waals surface area contributed by atoms with Crippen LogP contribution in [0.1, 0.15) is 33.4 Å². The number of hydrogen-bond acceptors (Lipinski definition) is 5. The second kappa shape index (κ2) is 18.8. The Morgan fingerprint density at radius 1 is 0.436 bits per heavy atom. The average molecular weight is 747 g/mol. The molecular formula is C49H47O5P. The van der Waals surface area contributed by atoms with Gasteiger partial charge in [0.25, 0.3) is 0 Å². The lowest BCUT2D eigenvalue weighted by molar-refractivity contribution is -0.0340. The molecule has 0 bridgehead atoms. The van der Waals surface area contributed by atoms with Gasteiger partial charge >= 0.3 is 7.60 Å². The molecule has 278 valence electrons. The van der Waals surface area contributed by atoms with Gasteiger partial charge in [0.15, 0.2) is 0 Å². The molecule has 0 unspecified atom stereocenters. The van der Waals surface area contributed by atoms with E-state index in [2.05, 4.69) is 19.7 Å². The molecule has 0 aliphatic heterocycles. The van der Waals surface area contributed by atoms with Crippen LogP contribution < -0.4 is 0 Å². The van der Waals surface area contributed by atoms with Gasteiger partial charge in [-0.1, -0.05) is 200 Å². The number of ether oxygens (including phenoxy) is 2. The molecule has 55 heavy (non-hydrogen) atoms. The normalized spacial score (nSPS) is 13.0. The molecule has 0 amide bonds. The van der Waals surface area contributed by atoms with Crippen LogP contribution in [-0.2, 0) is 34.3 Å². The van der Waals surface area contributed by atoms with E-state index in [1.54, 1.807) is 12.2 Å². The van der Waals surface area contributed by atoms with E-state index in [0.29, 0.717) is 0 Å². The van der Waals surface area contributed by atoms with Gasteiger partial charge in [0, 0.05) is 0 Å². The monoisotopic (exact) mass is 746 g/mol. The first-order valence-electron chi connectivity index (χ1n) is 18.4. The van der Waals surface area contributed by atoms with Crippen molar-refractivity contribution in [1.82, 2.24) is 0 Å². The Bertz CT molecular complexity index is 1780. The van der Waals surface area contributed by atoms with Gasteiger partial charge in [-0.2, -0.15) is 0 Å². The van der Waals surface area contributed by atoms with Crippen molar-refractivity contribution in [3.8, 4) is 0 Å². The molecule has 0 aliphatic carbocycles. The van der Waals surface area contributed by atoms with Crippen LogP contribution in [0.25, 0.3) is 0 Å². The van der Waals surface area contributed by atoms with E-state index >= 15 is 0 Å². The summed E-state index contributed by atoms with van der Waals surface area (Å²) in [5.74, 6) is 0. The maximum atomic E-state index is 14.7. The van der Waals surface area contributed by atoms with E-state index < -0.39 is 31.0 Å². The predicted molar refractivity (Wildman–Crippen MR) is 223 cm³/mol. The number of hydrogen-bond donors (Lipinski definition) is 0. The summed E-state index contributed by atoms with van der Waals surface area (Å²) in [5, 5.41) is 0. The first-order valence-corrected chi connectivity index (χ1v) is 20.1. The highest BCUT2D eigenvalue weighted by molar-refractivity contribution is 7.54. The molecule has 0 aromatic heterocycles. The minimum Gasteiger partial charge on any atom is -0.358 e. The number of benzene rings is 6. The van der Waals surface area contributed by atoms with Gasteiger partial charge in [0.1, 0.15) is 23.4 Å². The molecule has 6 aromatic carbocycles. The molecule has 0 heterocycles. The largest absolute Gasteiger partial charge is 0.358 e. The van der Waals surface area contributed by atoms with Crippen molar-refractivity contribution in [3.63, 3.8) is 0 Å². The Balaban J connectivity index is 1.28. The van der Waals surface area contributed by atoms with Gasteiger partial charge in [0.2, 0.25) is 0 Å². The predicted octanol–water partition coefficient (Wildman–Crippen LogP) is 11.5. The van der Waals surface area contributed by atoms with Crippen molar-refractivity contribution in [1.29, 1.82) is 0 Å². The van der Waals surface area contributed by atoms with Crippen molar-refractivity contribution in [2.24, 2.45) is 0 Å². The molecule has 0 radical (unpaired) electrons. The van der Waals surface area contributed by atoms with Crippen LogP contribution in [0.15, 0.2) is 220 Å². The second-order valence-electron chi connectivity index (χ2n) is 13.0. The maximum Gasteiger partial charge on any atom is 0.335 e. The highest BCUT2D eigenvalue weighted by Crippen LogP contribution is 2.52. The van der Waals surface area contributed by atoms with Gasteiger partial charge in [-0.3, -0.25) is 13.6 Å². The summed E-state index contributed by atoms with van der Waals surface area (Å²) in [5.41, 5.74) is 3.58. The van der Waals surface area contributed by atoms with E-state index in [9.17, 15) is 4.57 Å². The highest BCUT2D eigenvalue weighted by Gasteiger charge is 2.41. The minimum absolute atomic E-state index is 0.0149. The van der Waals surface area contributed by atoms with Gasteiger partial charge < -0.3 is 9.47 Å². The molecule has 6 aromatic rings. The molecule has 0 spiro atoms. The third-order valence-corrected chi connectivity index (χ3v) is 11.4. The van der Waals surface area contributed by atoms with Gasteiger partial charge in [-0.25, -0.2) is 0 Å². The lowest BCUT2D eigenvalue weighted by atomic mass is 9.80. The summed E-state index contributed by atoms with van der Waals surface area (Å²) >= 11 is 0. The van der Waals surface area contributed by atoms with E-state index in [-0.39, 0.29) is 19.4 Å². The Morgan fingerprint density at radius 3 is 0.873 bits per heavy atom. The summed E-state index contributed by atoms with van der Waals surface area (Å²) in [6.07, 6.45) is 3.04. The third-order valence-electron chi connectivity index (χ3n) is 9.48. The summed E-state index contributed by atoms with van der Waals surface area (Å²) < 4.78 is 41.4. The molecule has 0 saturated heterocycles. The fourth-order valence-electron chi connectivity index (χ4n) is 6.92. The molecule has 2 atom stereocenters. The Kier molecular flexibility index (Phi) is 13.4. The molecule has 6 heteroatoms. The van der Waals surface area contributed by atoms with Crippen molar-refractivity contribution < 1.29 is 23.1 Å². The zero-order chi connectivity index (χ0) is 38.4. The van der Waals surface area contributed by atoms with Crippen molar-refractivity contribution in [3.05, 3.63) is 253 Å². The molecule has 6 rings (SSSR count). The van der Waals surface area contributed by atoms with Crippen molar-refractivity contribution >= 4 is 7.60 Å². The molecular weight excluding hydrogens is 700 g/mol. The molecule has 5 nitrogen and oxygen atoms in total. The maximum absolute atomic E-state index is 14.7. The van der Waals surface area contributed by atoms with E-state index in [1.807, 2.05) is 182 Å². The third kappa shape index (κ3) is 8.95. The van der Waals surface area contributed by atoms with Gasteiger partial charge in [-0.05, 0) is 33.4 Å². The van der Waals surface area contributed by atoms with Crippen LogP contribution in [0.3, 0.4) is 0 Å². The Morgan fingerprint density at radius 2 is 0.673 bits per heavy atom. The zero-order valence-corrected chi connectivity index (χ0v) is 31.8. The molecule has 0 aliphatic rings. The van der Waals surface area contributed by atoms with Crippen molar-refractivity contribution in [2.45, 2.75) is 23.4 Å². The number of allylic oxidation sites excluding steroid dienone is 1. The summed E-state index contributed by atoms with van der Waals surface area (Å²) in [4.78, 5) is 0. The smallest absolute Gasteiger partial charge is 0.335 e. The second-order valence-corrected chi connectivity index (χ2v) is 15.0. The van der Waals surface area contributed by atoms with Crippen LogP contribution in [0.4, 0.5) is 0 Å². The molecule has 0 fully saturated rings. The van der Waals surface area contributed by atoms with Crippen molar-refractivity contribution in [2.75, 3.05) is 19.4 Å². The first-order chi connectivity index (χ1) is 27.0. The van der Waals surface area contributed by atoms with Gasteiger partial charge in [0.05, 0.1) is 19.4 Å². The highest BCUT2D eigenvalue weighted by atomic mass is 31.2. The summed E-state index contributed by atoms with van der Waals surface area (Å²) in [6, 6.07) is 60.3. The quantitative estimate of drug-likeness (QED) is 0.0442. The van der Waals surface area contributed by atoms with Crippen LogP contribution in [-0.4, -0.2) is 31.6 Å². The lowest BCUT2D eigenvalue weighted by Crippen LogP contribution is -2.36. The minimum atomic E-state index is -3.88. The number of rotatable bonds is 20. The van der Waals surface area contributed by atoms with E-state index in [1.165, 1.54) is 6.08 Å². The first kappa shape index (κ1) is 39.3. The summed E-state index contributed by atoms with van der Waals surface area (Å²) in [6.45, 7) is 12.0. The zero-order valence-electron chi connectivity index (χ0n) is 30.9.